The molecule has 1 fully saturated rings. The monoisotopic (exact) mass is 670 g/mol. The van der Waals surface area contributed by atoms with E-state index in [1.54, 1.807) is 29.7 Å². The maximum atomic E-state index is 13.3. The fourth-order valence-electron chi connectivity index (χ4n) is 6.12. The van der Waals surface area contributed by atoms with Crippen molar-refractivity contribution in [3.05, 3.63) is 92.5 Å². The van der Waals surface area contributed by atoms with Crippen LogP contribution in [0.5, 0.6) is 5.75 Å². The third-order valence-electron chi connectivity index (χ3n) is 8.62. The van der Waals surface area contributed by atoms with Gasteiger partial charge in [-0.1, -0.05) is 23.7 Å². The van der Waals surface area contributed by atoms with Gasteiger partial charge >= 0.3 is 0 Å². The minimum absolute atomic E-state index is 0.0679. The molecule has 11 nitrogen and oxygen atoms in total. The van der Waals surface area contributed by atoms with Crippen molar-refractivity contribution < 1.29 is 23.5 Å². The van der Waals surface area contributed by atoms with Crippen LogP contribution in [0.15, 0.2) is 58.1 Å². The number of fused-ring (bicyclic) bond motifs is 4. The Hall–Kier alpha value is -4.81. The maximum Gasteiger partial charge on any atom is 0.234 e. The molecule has 0 radical (unpaired) electrons. The number of imide groups is 1. The Morgan fingerprint density at radius 1 is 1.15 bits per heavy atom. The van der Waals surface area contributed by atoms with Crippen LogP contribution in [-0.4, -0.2) is 51.3 Å². The van der Waals surface area contributed by atoms with E-state index < -0.39 is 12.0 Å². The Balaban J connectivity index is 1.06. The zero-order valence-corrected chi connectivity index (χ0v) is 27.5. The molecular weight excluding hydrogens is 640 g/mol. The lowest BCUT2D eigenvalue weighted by atomic mass is 9.90. The Morgan fingerprint density at radius 2 is 1.96 bits per heavy atom. The molecule has 3 amide bonds. The average Bonchev–Trinajstić information content (AvgIpc) is 3.70. The number of nitrogens with zero attached hydrogens (tertiary/aromatic N) is 4. The number of carbonyl (C=O) groups excluding carboxylic acids is 3. The van der Waals surface area contributed by atoms with Gasteiger partial charge in [-0.2, -0.15) is 0 Å². The number of furan rings is 1. The molecule has 2 aliphatic heterocycles. The first-order valence-corrected chi connectivity index (χ1v) is 16.5. The number of ether oxygens (including phenoxy) is 1. The Morgan fingerprint density at radius 3 is 2.74 bits per heavy atom. The summed E-state index contributed by atoms with van der Waals surface area (Å²) in [7, 11) is 0. The number of nitrogens with one attached hydrogen (secondary N) is 2. The summed E-state index contributed by atoms with van der Waals surface area (Å²) in [5.74, 6) is 0.646. The molecule has 1 saturated heterocycles. The number of thiophene rings is 1. The topological polar surface area (TPSA) is 141 Å². The van der Waals surface area contributed by atoms with E-state index in [-0.39, 0.29) is 43.7 Å². The van der Waals surface area contributed by atoms with Crippen LogP contribution in [0.25, 0.3) is 16.0 Å². The predicted molar refractivity (Wildman–Crippen MR) is 178 cm³/mol. The Labute approximate surface area is 279 Å². The third kappa shape index (κ3) is 5.83. The molecule has 7 rings (SSSR count). The van der Waals surface area contributed by atoms with E-state index >= 15 is 0 Å². The van der Waals surface area contributed by atoms with E-state index in [1.807, 2.05) is 41.8 Å². The highest BCUT2D eigenvalue weighted by Crippen LogP contribution is 2.40. The van der Waals surface area contributed by atoms with Gasteiger partial charge in [0.25, 0.3) is 0 Å². The van der Waals surface area contributed by atoms with Gasteiger partial charge in [0.2, 0.25) is 17.7 Å². The second-order valence-corrected chi connectivity index (χ2v) is 13.3. The van der Waals surface area contributed by atoms with Crippen LogP contribution in [0.1, 0.15) is 70.0 Å². The molecule has 5 heterocycles. The molecule has 2 aliphatic rings. The van der Waals surface area contributed by atoms with Gasteiger partial charge in [0.15, 0.2) is 5.82 Å². The number of carbonyl (C=O) groups is 3. The first kappa shape index (κ1) is 30.8. The second-order valence-electron chi connectivity index (χ2n) is 11.7. The molecule has 5 aromatic rings. The fraction of sp³-hybridized carbons (Fsp3) is 0.294. The molecule has 0 saturated carbocycles. The molecule has 3 aromatic heterocycles. The van der Waals surface area contributed by atoms with Crippen LogP contribution in [0.3, 0.4) is 0 Å². The van der Waals surface area contributed by atoms with E-state index in [9.17, 15) is 14.4 Å². The van der Waals surface area contributed by atoms with E-state index in [2.05, 4.69) is 34.7 Å². The average molecular weight is 671 g/mol. The van der Waals surface area contributed by atoms with Gasteiger partial charge in [-0.3, -0.25) is 29.3 Å². The molecule has 0 bridgehead atoms. The molecular formula is C34H31ClN6O5S. The highest BCUT2D eigenvalue weighted by molar-refractivity contribution is 7.15. The largest absolute Gasteiger partial charge is 0.492 e. The zero-order valence-electron chi connectivity index (χ0n) is 25.9. The normalized spacial score (nSPS) is 17.5. The molecule has 240 valence electrons. The van der Waals surface area contributed by atoms with Crippen LogP contribution in [0.4, 0.5) is 0 Å². The van der Waals surface area contributed by atoms with Crippen molar-refractivity contribution in [3.63, 3.8) is 0 Å². The summed E-state index contributed by atoms with van der Waals surface area (Å²) in [5.41, 5.74) is 5.16. The van der Waals surface area contributed by atoms with Gasteiger partial charge in [-0.15, -0.1) is 21.5 Å². The quantitative estimate of drug-likeness (QED) is 0.161. The number of benzene rings is 2. The lowest BCUT2D eigenvalue weighted by Gasteiger charge is -2.19. The van der Waals surface area contributed by atoms with E-state index in [0.717, 1.165) is 38.6 Å². The van der Waals surface area contributed by atoms with Crippen molar-refractivity contribution in [3.8, 4) is 10.8 Å². The van der Waals surface area contributed by atoms with Gasteiger partial charge in [0.05, 0.1) is 30.9 Å². The SMILES string of the molecule is Cc1sc2c(c1C)C(c1ccc(Cl)cc1)=N[C@@H](CC(=O)NCCOc1ccc3occ(C4CCC(=O)NC4=O)c3c1)c1nnc(C)n1-2. The van der Waals surface area contributed by atoms with Gasteiger partial charge in [-0.05, 0) is 63.1 Å². The second kappa shape index (κ2) is 12.4. The Bertz CT molecular complexity index is 2080. The van der Waals surface area contributed by atoms with Crippen molar-refractivity contribution >= 4 is 57.3 Å². The molecule has 2 aromatic carbocycles. The Kier molecular flexibility index (Phi) is 8.15. The maximum absolute atomic E-state index is 13.3. The molecule has 13 heteroatoms. The standard InChI is InChI=1S/C34H31ClN6O5S/c1-17-18(2)47-34-30(17)31(20-4-6-21(35)7-5-20)37-26(32-40-39-19(3)41(32)34)15-29(43)36-12-13-45-22-8-10-27-24(14-22)25(16-46-27)23-9-11-28(42)38-33(23)44/h4-8,10,14,16,23,26H,9,11-13,15H2,1-3H3,(H,36,43)(H,38,42,44)/t23?,26-/m0/s1. The first-order valence-electron chi connectivity index (χ1n) is 15.3. The van der Waals surface area contributed by atoms with Crippen molar-refractivity contribution in [2.75, 3.05) is 13.2 Å². The van der Waals surface area contributed by atoms with E-state index in [4.69, 9.17) is 25.7 Å². The summed E-state index contributed by atoms with van der Waals surface area (Å²) in [5, 5.41) is 16.5. The number of aromatic nitrogens is 3. The van der Waals surface area contributed by atoms with Gasteiger partial charge in [0, 0.05) is 38.4 Å². The molecule has 2 atom stereocenters. The van der Waals surface area contributed by atoms with E-state index in [0.29, 0.717) is 34.2 Å². The molecule has 1 unspecified atom stereocenters. The van der Waals surface area contributed by atoms with E-state index in [1.165, 1.54) is 4.88 Å². The summed E-state index contributed by atoms with van der Waals surface area (Å²) >= 11 is 7.87. The third-order valence-corrected chi connectivity index (χ3v) is 10.1. The number of amides is 3. The number of halogens is 1. The van der Waals surface area contributed by atoms with Crippen LogP contribution >= 0.6 is 22.9 Å². The fourth-order valence-corrected chi connectivity index (χ4v) is 7.46. The smallest absolute Gasteiger partial charge is 0.234 e. The van der Waals surface area contributed by atoms with Crippen LogP contribution in [0, 0.1) is 20.8 Å². The number of rotatable bonds is 8. The van der Waals surface area contributed by atoms with Crippen LogP contribution in [-0.2, 0) is 14.4 Å². The summed E-state index contributed by atoms with van der Waals surface area (Å²) in [6, 6.07) is 12.4. The minimum atomic E-state index is -0.573. The number of aliphatic imine (C=N–C) groups is 1. The highest BCUT2D eigenvalue weighted by atomic mass is 35.5. The van der Waals surface area contributed by atoms with Gasteiger partial charge < -0.3 is 14.5 Å². The summed E-state index contributed by atoms with van der Waals surface area (Å²) in [4.78, 5) is 43.7. The van der Waals surface area contributed by atoms with Crippen LogP contribution in [0.2, 0.25) is 5.02 Å². The predicted octanol–water partition coefficient (Wildman–Crippen LogP) is 5.65. The van der Waals surface area contributed by atoms with Crippen molar-refractivity contribution in [1.29, 1.82) is 0 Å². The molecule has 0 spiro atoms. The number of hydrogen-bond acceptors (Lipinski definition) is 9. The lowest BCUT2D eigenvalue weighted by molar-refractivity contribution is -0.134. The van der Waals surface area contributed by atoms with Crippen molar-refractivity contribution in [2.45, 2.75) is 52.0 Å². The highest BCUT2D eigenvalue weighted by Gasteiger charge is 2.33. The first-order chi connectivity index (χ1) is 22.7. The molecule has 0 aliphatic carbocycles. The summed E-state index contributed by atoms with van der Waals surface area (Å²) < 4.78 is 13.6. The minimum Gasteiger partial charge on any atom is -0.492 e. The van der Waals surface area contributed by atoms with Gasteiger partial charge in [-0.25, -0.2) is 0 Å². The van der Waals surface area contributed by atoms with Crippen molar-refractivity contribution in [2.24, 2.45) is 4.99 Å². The molecule has 47 heavy (non-hydrogen) atoms. The number of hydrogen-bond donors (Lipinski definition) is 2. The number of piperidine rings is 1. The summed E-state index contributed by atoms with van der Waals surface area (Å²) in [6.45, 7) is 6.56. The van der Waals surface area contributed by atoms with Crippen LogP contribution < -0.4 is 15.4 Å². The zero-order chi connectivity index (χ0) is 32.8. The lowest BCUT2D eigenvalue weighted by Crippen LogP contribution is -2.39. The van der Waals surface area contributed by atoms with Crippen molar-refractivity contribution in [1.82, 2.24) is 25.4 Å². The number of aryl methyl sites for hydroxylation is 2. The van der Waals surface area contributed by atoms with Gasteiger partial charge in [0.1, 0.15) is 34.8 Å². The molecule has 2 N–H and O–H groups in total. The summed E-state index contributed by atoms with van der Waals surface area (Å²) in [6.07, 6.45) is 2.33.